The largest absolute Gasteiger partial charge is 0.497 e. The zero-order valence-corrected chi connectivity index (χ0v) is 14.3. The van der Waals surface area contributed by atoms with Crippen molar-refractivity contribution in [2.24, 2.45) is 0 Å². The maximum atomic E-state index is 12.9. The molecule has 0 N–H and O–H groups in total. The Morgan fingerprint density at radius 1 is 1.00 bits per heavy atom. The third kappa shape index (κ3) is 2.87. The lowest BCUT2D eigenvalue weighted by atomic mass is 9.95. The van der Waals surface area contributed by atoms with E-state index in [4.69, 9.17) is 14.2 Å². The minimum atomic E-state index is -0.478. The topological polar surface area (TPSA) is 44.8 Å². The fourth-order valence-electron chi connectivity index (χ4n) is 2.69. The first-order chi connectivity index (χ1) is 11.4. The molecule has 1 aliphatic heterocycles. The van der Waals surface area contributed by atoms with Gasteiger partial charge in [0.15, 0.2) is 5.78 Å². The molecule has 4 heteroatoms. The Balaban J connectivity index is 2.08. The first kappa shape index (κ1) is 16.1. The Kier molecular flexibility index (Phi) is 4.06. The SMILES string of the molecule is COc1ccc(C(=O)c2ccc(OC)c3c2OC(C)(C)C=C3)cc1. The van der Waals surface area contributed by atoms with E-state index in [2.05, 4.69) is 0 Å². The smallest absolute Gasteiger partial charge is 0.196 e. The van der Waals surface area contributed by atoms with E-state index >= 15 is 0 Å². The van der Waals surface area contributed by atoms with E-state index in [1.807, 2.05) is 26.0 Å². The van der Waals surface area contributed by atoms with Gasteiger partial charge in [-0.15, -0.1) is 0 Å². The van der Waals surface area contributed by atoms with Crippen LogP contribution in [0.25, 0.3) is 6.08 Å². The summed E-state index contributed by atoms with van der Waals surface area (Å²) in [6, 6.07) is 10.6. The van der Waals surface area contributed by atoms with Crippen LogP contribution in [0.3, 0.4) is 0 Å². The van der Waals surface area contributed by atoms with Gasteiger partial charge in [0.1, 0.15) is 22.8 Å². The summed E-state index contributed by atoms with van der Waals surface area (Å²) in [5.41, 5.74) is 1.41. The van der Waals surface area contributed by atoms with Gasteiger partial charge in [-0.05, 0) is 62.4 Å². The monoisotopic (exact) mass is 324 g/mol. The van der Waals surface area contributed by atoms with Gasteiger partial charge in [-0.1, -0.05) is 0 Å². The first-order valence-electron chi connectivity index (χ1n) is 7.73. The number of ether oxygens (including phenoxy) is 3. The molecule has 2 aromatic rings. The number of rotatable bonds is 4. The highest BCUT2D eigenvalue weighted by Crippen LogP contribution is 2.40. The Morgan fingerprint density at radius 3 is 2.33 bits per heavy atom. The summed E-state index contributed by atoms with van der Waals surface area (Å²) < 4.78 is 16.6. The molecule has 0 saturated carbocycles. The number of ketones is 1. The molecular weight excluding hydrogens is 304 g/mol. The molecule has 3 rings (SSSR count). The Morgan fingerprint density at radius 2 is 1.71 bits per heavy atom. The molecule has 0 radical (unpaired) electrons. The van der Waals surface area contributed by atoms with Gasteiger partial charge >= 0.3 is 0 Å². The van der Waals surface area contributed by atoms with Gasteiger partial charge in [-0.3, -0.25) is 4.79 Å². The Labute approximate surface area is 141 Å². The van der Waals surface area contributed by atoms with Gasteiger partial charge in [-0.25, -0.2) is 0 Å². The molecule has 1 aliphatic rings. The van der Waals surface area contributed by atoms with Crippen LogP contribution in [0, 0.1) is 0 Å². The molecule has 24 heavy (non-hydrogen) atoms. The van der Waals surface area contributed by atoms with Crippen molar-refractivity contribution in [3.05, 3.63) is 59.2 Å². The third-order valence-electron chi connectivity index (χ3n) is 3.99. The van der Waals surface area contributed by atoms with Crippen molar-refractivity contribution in [3.8, 4) is 17.2 Å². The van der Waals surface area contributed by atoms with Crippen molar-refractivity contribution < 1.29 is 19.0 Å². The molecular formula is C20H20O4. The molecule has 1 heterocycles. The second kappa shape index (κ2) is 6.04. The van der Waals surface area contributed by atoms with Crippen molar-refractivity contribution in [2.75, 3.05) is 14.2 Å². The van der Waals surface area contributed by atoms with Gasteiger partial charge in [0, 0.05) is 5.56 Å². The van der Waals surface area contributed by atoms with E-state index in [0.717, 1.165) is 5.56 Å². The molecule has 0 aromatic heterocycles. The quantitative estimate of drug-likeness (QED) is 0.794. The number of fused-ring (bicyclic) bond motifs is 1. The third-order valence-corrected chi connectivity index (χ3v) is 3.99. The van der Waals surface area contributed by atoms with Crippen LogP contribution >= 0.6 is 0 Å². The number of methoxy groups -OCH3 is 2. The van der Waals surface area contributed by atoms with Gasteiger partial charge < -0.3 is 14.2 Å². The molecule has 0 unspecified atom stereocenters. The van der Waals surface area contributed by atoms with Crippen LogP contribution in [0.2, 0.25) is 0 Å². The molecule has 2 aromatic carbocycles. The van der Waals surface area contributed by atoms with Crippen molar-refractivity contribution >= 4 is 11.9 Å². The average molecular weight is 324 g/mol. The summed E-state index contributed by atoms with van der Waals surface area (Å²) in [5.74, 6) is 1.86. The van der Waals surface area contributed by atoms with E-state index in [1.54, 1.807) is 50.6 Å². The fraction of sp³-hybridized carbons (Fsp3) is 0.250. The number of hydrogen-bond acceptors (Lipinski definition) is 4. The van der Waals surface area contributed by atoms with Crippen molar-refractivity contribution in [3.63, 3.8) is 0 Å². The van der Waals surface area contributed by atoms with E-state index in [9.17, 15) is 4.79 Å². The molecule has 124 valence electrons. The first-order valence-corrected chi connectivity index (χ1v) is 7.73. The normalized spacial score (nSPS) is 14.5. The summed E-state index contributed by atoms with van der Waals surface area (Å²) in [4.78, 5) is 12.9. The van der Waals surface area contributed by atoms with Gasteiger partial charge in [-0.2, -0.15) is 0 Å². The summed E-state index contributed by atoms with van der Waals surface area (Å²) in [5, 5.41) is 0. The predicted octanol–water partition coefficient (Wildman–Crippen LogP) is 4.12. The summed E-state index contributed by atoms with van der Waals surface area (Å²) in [7, 11) is 3.20. The molecule has 0 amide bonds. The summed E-state index contributed by atoms with van der Waals surface area (Å²) >= 11 is 0. The minimum absolute atomic E-state index is 0.0948. The average Bonchev–Trinajstić information content (AvgIpc) is 2.59. The van der Waals surface area contributed by atoms with Gasteiger partial charge in [0.05, 0.1) is 25.3 Å². The molecule has 0 bridgehead atoms. The number of carbonyl (C=O) groups excluding carboxylic acids is 1. The minimum Gasteiger partial charge on any atom is -0.497 e. The van der Waals surface area contributed by atoms with Crippen molar-refractivity contribution in [2.45, 2.75) is 19.4 Å². The highest BCUT2D eigenvalue weighted by atomic mass is 16.5. The van der Waals surface area contributed by atoms with Crippen LogP contribution in [0.5, 0.6) is 17.2 Å². The lowest BCUT2D eigenvalue weighted by molar-refractivity contribution is 0.102. The van der Waals surface area contributed by atoms with Crippen LogP contribution in [0.1, 0.15) is 35.3 Å². The summed E-state index contributed by atoms with van der Waals surface area (Å²) in [6.45, 7) is 3.90. The maximum Gasteiger partial charge on any atom is 0.196 e. The Bertz CT molecular complexity index is 801. The molecule has 0 saturated heterocycles. The van der Waals surface area contributed by atoms with Crippen molar-refractivity contribution in [1.82, 2.24) is 0 Å². The zero-order valence-electron chi connectivity index (χ0n) is 14.3. The molecule has 0 spiro atoms. The zero-order chi connectivity index (χ0) is 17.3. The molecule has 4 nitrogen and oxygen atoms in total. The van der Waals surface area contributed by atoms with Crippen LogP contribution in [0.15, 0.2) is 42.5 Å². The van der Waals surface area contributed by atoms with Crippen molar-refractivity contribution in [1.29, 1.82) is 0 Å². The highest BCUT2D eigenvalue weighted by molar-refractivity contribution is 6.11. The number of benzene rings is 2. The van der Waals surface area contributed by atoms with Gasteiger partial charge in [0.2, 0.25) is 0 Å². The van der Waals surface area contributed by atoms with E-state index in [1.165, 1.54) is 0 Å². The molecule has 0 aliphatic carbocycles. The number of hydrogen-bond donors (Lipinski definition) is 0. The lowest BCUT2D eigenvalue weighted by Crippen LogP contribution is -2.28. The van der Waals surface area contributed by atoms with Crippen LogP contribution in [0.4, 0.5) is 0 Å². The highest BCUT2D eigenvalue weighted by Gasteiger charge is 2.28. The lowest BCUT2D eigenvalue weighted by Gasteiger charge is -2.30. The maximum absolute atomic E-state index is 12.9. The Hall–Kier alpha value is -2.75. The van der Waals surface area contributed by atoms with Crippen LogP contribution in [-0.2, 0) is 0 Å². The molecule has 0 fully saturated rings. The number of carbonyl (C=O) groups is 1. The van der Waals surface area contributed by atoms with Gasteiger partial charge in [0.25, 0.3) is 0 Å². The standard InChI is InChI=1S/C20H20O4/c1-20(2)12-11-15-17(23-4)10-9-16(19(15)24-20)18(21)13-5-7-14(22-3)8-6-13/h5-12H,1-4H3. The van der Waals surface area contributed by atoms with Crippen LogP contribution < -0.4 is 14.2 Å². The predicted molar refractivity (Wildman–Crippen MR) is 93.2 cm³/mol. The fourth-order valence-corrected chi connectivity index (χ4v) is 2.69. The van der Waals surface area contributed by atoms with Crippen LogP contribution in [-0.4, -0.2) is 25.6 Å². The summed E-state index contributed by atoms with van der Waals surface area (Å²) in [6.07, 6.45) is 3.90. The van der Waals surface area contributed by atoms with E-state index in [-0.39, 0.29) is 5.78 Å². The van der Waals surface area contributed by atoms with E-state index < -0.39 is 5.60 Å². The molecule has 0 atom stereocenters. The second-order valence-electron chi connectivity index (χ2n) is 6.15. The second-order valence-corrected chi connectivity index (χ2v) is 6.15. The van der Waals surface area contributed by atoms with E-state index in [0.29, 0.717) is 28.4 Å².